The topological polar surface area (TPSA) is 41.1 Å². The van der Waals surface area contributed by atoms with Crippen molar-refractivity contribution in [1.29, 1.82) is 0 Å². The smallest absolute Gasteiger partial charge is 0.232 e. The number of hydrogen-bond donors (Lipinski definition) is 2. The lowest BCUT2D eigenvalue weighted by molar-refractivity contribution is -0.128. The van der Waals surface area contributed by atoms with E-state index in [1.165, 1.54) is 24.2 Å². The molecule has 0 bridgehead atoms. The molecular formula is C16H22N2OS. The lowest BCUT2D eigenvalue weighted by atomic mass is 9.67. The van der Waals surface area contributed by atoms with Gasteiger partial charge in [0.1, 0.15) is 0 Å². The number of benzene rings is 1. The van der Waals surface area contributed by atoms with E-state index < -0.39 is 0 Å². The fourth-order valence-electron chi connectivity index (χ4n) is 3.62. The predicted molar refractivity (Wildman–Crippen MR) is 84.1 cm³/mol. The van der Waals surface area contributed by atoms with E-state index in [-0.39, 0.29) is 11.3 Å². The molecule has 0 spiro atoms. The highest BCUT2D eigenvalue weighted by molar-refractivity contribution is 7.98. The Balaban J connectivity index is 1.74. The van der Waals surface area contributed by atoms with Crippen LogP contribution in [0.2, 0.25) is 0 Å². The summed E-state index contributed by atoms with van der Waals surface area (Å²) in [6, 6.07) is 8.12. The normalized spacial score (nSPS) is 28.9. The van der Waals surface area contributed by atoms with Gasteiger partial charge in [-0.3, -0.25) is 4.79 Å². The summed E-state index contributed by atoms with van der Waals surface area (Å²) in [6.45, 7) is 1.84. The van der Waals surface area contributed by atoms with Crippen molar-refractivity contribution in [2.75, 3.05) is 24.7 Å². The van der Waals surface area contributed by atoms with Crippen molar-refractivity contribution in [1.82, 2.24) is 5.32 Å². The van der Waals surface area contributed by atoms with Gasteiger partial charge in [0.05, 0.1) is 5.41 Å². The summed E-state index contributed by atoms with van der Waals surface area (Å²) >= 11 is 1.72. The maximum absolute atomic E-state index is 12.8. The molecule has 2 N–H and O–H groups in total. The van der Waals surface area contributed by atoms with Crippen LogP contribution >= 0.6 is 11.8 Å². The van der Waals surface area contributed by atoms with Gasteiger partial charge in [-0.05, 0) is 55.8 Å². The van der Waals surface area contributed by atoms with Crippen LogP contribution in [-0.2, 0) is 4.79 Å². The Hall–Kier alpha value is -1.00. The molecule has 20 heavy (non-hydrogen) atoms. The molecule has 1 heterocycles. The summed E-state index contributed by atoms with van der Waals surface area (Å²) in [5.41, 5.74) is 0.745. The van der Waals surface area contributed by atoms with Crippen LogP contribution in [-0.4, -0.2) is 25.3 Å². The van der Waals surface area contributed by atoms with Crippen molar-refractivity contribution in [3.63, 3.8) is 0 Å². The molecule has 2 atom stereocenters. The van der Waals surface area contributed by atoms with Crippen LogP contribution in [0.3, 0.4) is 0 Å². The van der Waals surface area contributed by atoms with Gasteiger partial charge in [-0.1, -0.05) is 12.8 Å². The first-order valence-electron chi connectivity index (χ1n) is 7.41. The summed E-state index contributed by atoms with van der Waals surface area (Å²) in [6.07, 6.45) is 6.72. The molecule has 108 valence electrons. The highest BCUT2D eigenvalue weighted by Crippen LogP contribution is 2.44. The van der Waals surface area contributed by atoms with Gasteiger partial charge in [0.15, 0.2) is 0 Å². The highest BCUT2D eigenvalue weighted by atomic mass is 32.2. The second-order valence-electron chi connectivity index (χ2n) is 5.91. The molecule has 1 aromatic carbocycles. The fraction of sp³-hybridized carbons (Fsp3) is 0.562. The van der Waals surface area contributed by atoms with Gasteiger partial charge in [-0.25, -0.2) is 0 Å². The Bertz CT molecular complexity index is 488. The van der Waals surface area contributed by atoms with Gasteiger partial charge in [0.25, 0.3) is 0 Å². The number of amides is 1. The molecule has 1 saturated heterocycles. The maximum Gasteiger partial charge on any atom is 0.232 e. The van der Waals surface area contributed by atoms with Gasteiger partial charge >= 0.3 is 0 Å². The Morgan fingerprint density at radius 3 is 2.90 bits per heavy atom. The van der Waals surface area contributed by atoms with Crippen LogP contribution in [0.5, 0.6) is 0 Å². The second kappa shape index (κ2) is 5.78. The van der Waals surface area contributed by atoms with E-state index in [1.807, 2.05) is 12.1 Å². The van der Waals surface area contributed by atoms with E-state index >= 15 is 0 Å². The van der Waals surface area contributed by atoms with Crippen molar-refractivity contribution < 1.29 is 4.79 Å². The number of carbonyl (C=O) groups excluding carboxylic acids is 1. The zero-order chi connectivity index (χ0) is 14.0. The average molecular weight is 290 g/mol. The molecule has 1 aromatic rings. The Kier molecular flexibility index (Phi) is 4.03. The molecule has 3 nitrogen and oxygen atoms in total. The summed E-state index contributed by atoms with van der Waals surface area (Å²) in [7, 11) is 0. The molecular weight excluding hydrogens is 268 g/mol. The van der Waals surface area contributed by atoms with Crippen LogP contribution in [0.1, 0.15) is 25.7 Å². The molecule has 4 heteroatoms. The molecule has 0 aromatic heterocycles. The average Bonchev–Trinajstić information content (AvgIpc) is 2.93. The van der Waals surface area contributed by atoms with Gasteiger partial charge < -0.3 is 10.6 Å². The standard InChI is InChI=1S/C16H22N2OS/c1-20-14-7-5-13(6-8-14)18-15(19)16-9-3-2-4-12(16)10-17-11-16/h5-8,12,17H,2-4,9-11H2,1H3,(H,18,19)/t12-,16+/m0/s1. The van der Waals surface area contributed by atoms with E-state index in [0.717, 1.165) is 25.2 Å². The summed E-state index contributed by atoms with van der Waals surface area (Å²) in [5, 5.41) is 6.56. The molecule has 2 fully saturated rings. The molecule has 2 aliphatic rings. The lowest BCUT2D eigenvalue weighted by Gasteiger charge is -2.37. The van der Waals surface area contributed by atoms with Crippen molar-refractivity contribution in [2.45, 2.75) is 30.6 Å². The number of nitrogens with one attached hydrogen (secondary N) is 2. The Morgan fingerprint density at radius 2 is 2.15 bits per heavy atom. The number of rotatable bonds is 3. The largest absolute Gasteiger partial charge is 0.326 e. The molecule has 1 saturated carbocycles. The number of thioether (sulfide) groups is 1. The van der Waals surface area contributed by atoms with Crippen molar-refractivity contribution in [2.24, 2.45) is 11.3 Å². The third kappa shape index (κ3) is 2.47. The summed E-state index contributed by atoms with van der Waals surface area (Å²) < 4.78 is 0. The summed E-state index contributed by atoms with van der Waals surface area (Å²) in [5.74, 6) is 0.728. The second-order valence-corrected chi connectivity index (χ2v) is 6.79. The van der Waals surface area contributed by atoms with Crippen LogP contribution in [0.4, 0.5) is 5.69 Å². The fourth-order valence-corrected chi connectivity index (χ4v) is 4.03. The molecule has 1 aliphatic heterocycles. The lowest BCUT2D eigenvalue weighted by Crippen LogP contribution is -2.44. The molecule has 3 rings (SSSR count). The number of anilines is 1. The molecule has 0 radical (unpaired) electrons. The third-order valence-electron chi connectivity index (χ3n) is 4.84. The van der Waals surface area contributed by atoms with E-state index in [2.05, 4.69) is 29.0 Å². The zero-order valence-electron chi connectivity index (χ0n) is 11.9. The van der Waals surface area contributed by atoms with E-state index in [0.29, 0.717) is 5.92 Å². The van der Waals surface area contributed by atoms with E-state index in [4.69, 9.17) is 0 Å². The summed E-state index contributed by atoms with van der Waals surface area (Å²) in [4.78, 5) is 14.0. The highest BCUT2D eigenvalue weighted by Gasteiger charge is 2.49. The first kappa shape index (κ1) is 14.0. The Morgan fingerprint density at radius 1 is 1.35 bits per heavy atom. The van der Waals surface area contributed by atoms with Gasteiger partial charge in [-0.2, -0.15) is 0 Å². The minimum absolute atomic E-state index is 0.170. The van der Waals surface area contributed by atoms with E-state index in [9.17, 15) is 4.79 Å². The monoisotopic (exact) mass is 290 g/mol. The van der Waals surface area contributed by atoms with Crippen LogP contribution in [0.15, 0.2) is 29.2 Å². The Labute approximate surface area is 124 Å². The van der Waals surface area contributed by atoms with Crippen LogP contribution in [0.25, 0.3) is 0 Å². The molecule has 0 unspecified atom stereocenters. The van der Waals surface area contributed by atoms with Gasteiger partial charge in [-0.15, -0.1) is 11.8 Å². The van der Waals surface area contributed by atoms with E-state index in [1.54, 1.807) is 11.8 Å². The quantitative estimate of drug-likeness (QED) is 0.840. The van der Waals surface area contributed by atoms with Crippen molar-refractivity contribution in [3.05, 3.63) is 24.3 Å². The van der Waals surface area contributed by atoms with Gasteiger partial charge in [0.2, 0.25) is 5.91 Å². The molecule has 1 amide bonds. The van der Waals surface area contributed by atoms with Crippen molar-refractivity contribution in [3.8, 4) is 0 Å². The number of carbonyl (C=O) groups is 1. The number of fused-ring (bicyclic) bond motifs is 1. The SMILES string of the molecule is CSc1ccc(NC(=O)[C@@]23CCCC[C@H]2CNC3)cc1. The van der Waals surface area contributed by atoms with Gasteiger partial charge in [0, 0.05) is 17.1 Å². The zero-order valence-corrected chi connectivity index (χ0v) is 12.8. The van der Waals surface area contributed by atoms with Crippen LogP contribution in [0, 0.1) is 11.3 Å². The predicted octanol–water partition coefficient (Wildman–Crippen LogP) is 3.13. The first-order valence-corrected chi connectivity index (χ1v) is 8.63. The maximum atomic E-state index is 12.8. The minimum Gasteiger partial charge on any atom is -0.326 e. The number of hydrogen-bond acceptors (Lipinski definition) is 3. The van der Waals surface area contributed by atoms with Crippen molar-refractivity contribution >= 4 is 23.4 Å². The molecule has 1 aliphatic carbocycles. The third-order valence-corrected chi connectivity index (χ3v) is 5.58. The first-order chi connectivity index (χ1) is 9.74. The minimum atomic E-state index is -0.170. The van der Waals surface area contributed by atoms with Crippen LogP contribution < -0.4 is 10.6 Å².